The van der Waals surface area contributed by atoms with Crippen LogP contribution in [0.5, 0.6) is 0 Å². The number of benzene rings is 3. The van der Waals surface area contributed by atoms with E-state index < -0.39 is 5.97 Å². The fourth-order valence-corrected chi connectivity index (χ4v) is 4.53. The zero-order chi connectivity index (χ0) is 25.2. The van der Waals surface area contributed by atoms with Crippen LogP contribution in [0.2, 0.25) is 0 Å². The van der Waals surface area contributed by atoms with Crippen LogP contribution in [0.4, 0.5) is 0 Å². The SMILES string of the molecule is CCn1nc(C(=O)N[C@@H](C)c2ccc(C(=O)O)cc2)c2c(Cc3cc4ccccc4cn3)cccc21. The van der Waals surface area contributed by atoms with Crippen LogP contribution in [0.25, 0.3) is 21.7 Å². The molecule has 5 aromatic rings. The molecule has 2 N–H and O–H groups in total. The Morgan fingerprint density at radius 1 is 1.00 bits per heavy atom. The van der Waals surface area contributed by atoms with Crippen molar-refractivity contribution < 1.29 is 14.7 Å². The van der Waals surface area contributed by atoms with Crippen LogP contribution in [0.15, 0.2) is 79.0 Å². The lowest BCUT2D eigenvalue weighted by atomic mass is 10.0. The van der Waals surface area contributed by atoms with Crippen molar-refractivity contribution in [3.05, 3.63) is 107 Å². The van der Waals surface area contributed by atoms with Gasteiger partial charge in [-0.3, -0.25) is 14.5 Å². The lowest BCUT2D eigenvalue weighted by molar-refractivity contribution is 0.0696. The molecule has 2 aromatic heterocycles. The summed E-state index contributed by atoms with van der Waals surface area (Å²) in [7, 11) is 0. The van der Waals surface area contributed by atoms with Crippen LogP contribution in [0, 0.1) is 0 Å². The minimum atomic E-state index is -0.983. The number of carboxylic acids is 1. The van der Waals surface area contributed by atoms with Gasteiger partial charge < -0.3 is 10.4 Å². The van der Waals surface area contributed by atoms with E-state index in [-0.39, 0.29) is 17.5 Å². The number of carbonyl (C=O) groups is 2. The molecule has 1 atom stereocenters. The number of aromatic carboxylic acids is 1. The van der Waals surface area contributed by atoms with E-state index in [0.29, 0.717) is 18.7 Å². The standard InChI is InChI=1S/C29H26N4O3/c1-3-33-25-10-6-9-22(16-24-15-21-7-4-5-8-23(21)17-30-24)26(25)27(32-33)28(34)31-18(2)19-11-13-20(14-12-19)29(35)36/h4-15,17-18H,3,16H2,1-2H3,(H,31,34)(H,35,36)/t18-/m0/s1. The van der Waals surface area contributed by atoms with Crippen LogP contribution in [0.3, 0.4) is 0 Å². The van der Waals surface area contributed by atoms with Gasteiger partial charge >= 0.3 is 5.97 Å². The van der Waals surface area contributed by atoms with E-state index in [9.17, 15) is 9.59 Å². The fourth-order valence-electron chi connectivity index (χ4n) is 4.53. The Hall–Kier alpha value is -4.52. The van der Waals surface area contributed by atoms with E-state index in [1.807, 2.05) is 61.1 Å². The number of aryl methyl sites for hydroxylation is 1. The van der Waals surface area contributed by atoms with E-state index in [4.69, 9.17) is 5.11 Å². The molecule has 36 heavy (non-hydrogen) atoms. The minimum absolute atomic E-state index is 0.205. The maximum absolute atomic E-state index is 13.4. The second kappa shape index (κ2) is 9.62. The minimum Gasteiger partial charge on any atom is -0.478 e. The highest BCUT2D eigenvalue weighted by molar-refractivity contribution is 6.06. The molecule has 7 heteroatoms. The highest BCUT2D eigenvalue weighted by Gasteiger charge is 2.22. The van der Waals surface area contributed by atoms with Gasteiger partial charge in [-0.25, -0.2) is 4.79 Å². The summed E-state index contributed by atoms with van der Waals surface area (Å²) in [6.45, 7) is 4.50. The third kappa shape index (κ3) is 4.43. The molecule has 5 rings (SSSR count). The average Bonchev–Trinajstić information content (AvgIpc) is 3.28. The molecule has 0 saturated heterocycles. The van der Waals surface area contributed by atoms with Gasteiger partial charge in [0.1, 0.15) is 0 Å². The molecule has 0 aliphatic heterocycles. The van der Waals surface area contributed by atoms with E-state index in [1.165, 1.54) is 12.1 Å². The van der Waals surface area contributed by atoms with Gasteiger partial charge in [-0.2, -0.15) is 5.10 Å². The second-order valence-electron chi connectivity index (χ2n) is 8.80. The summed E-state index contributed by atoms with van der Waals surface area (Å²) in [6.07, 6.45) is 2.45. The highest BCUT2D eigenvalue weighted by Crippen LogP contribution is 2.27. The summed E-state index contributed by atoms with van der Waals surface area (Å²) in [5.41, 5.74) is 4.20. The summed E-state index contributed by atoms with van der Waals surface area (Å²) >= 11 is 0. The molecule has 0 radical (unpaired) electrons. The first-order valence-corrected chi connectivity index (χ1v) is 11.9. The fraction of sp³-hybridized carbons (Fsp3) is 0.172. The first-order valence-electron chi connectivity index (χ1n) is 11.9. The van der Waals surface area contributed by atoms with E-state index in [0.717, 1.165) is 38.5 Å². The number of carboxylic acid groups (broad SMARTS) is 1. The Morgan fingerprint density at radius 2 is 1.75 bits per heavy atom. The maximum Gasteiger partial charge on any atom is 0.335 e. The summed E-state index contributed by atoms with van der Waals surface area (Å²) < 4.78 is 1.84. The van der Waals surface area contributed by atoms with Crippen LogP contribution in [-0.4, -0.2) is 31.7 Å². The lowest BCUT2D eigenvalue weighted by Crippen LogP contribution is -2.27. The van der Waals surface area contributed by atoms with Gasteiger partial charge in [0.25, 0.3) is 5.91 Å². The number of fused-ring (bicyclic) bond motifs is 2. The van der Waals surface area contributed by atoms with Gasteiger partial charge in [-0.15, -0.1) is 0 Å². The number of hydrogen-bond donors (Lipinski definition) is 2. The summed E-state index contributed by atoms with van der Waals surface area (Å²) in [5.74, 6) is -1.26. The topological polar surface area (TPSA) is 97.1 Å². The molecular formula is C29H26N4O3. The predicted molar refractivity (Wildman–Crippen MR) is 139 cm³/mol. The van der Waals surface area contributed by atoms with Crippen molar-refractivity contribution in [2.24, 2.45) is 0 Å². The van der Waals surface area contributed by atoms with Crippen LogP contribution in [-0.2, 0) is 13.0 Å². The molecule has 0 spiro atoms. The van der Waals surface area contributed by atoms with Crippen molar-refractivity contribution in [2.45, 2.75) is 32.9 Å². The number of nitrogens with one attached hydrogen (secondary N) is 1. The van der Waals surface area contributed by atoms with Crippen molar-refractivity contribution in [1.29, 1.82) is 0 Å². The molecule has 2 heterocycles. The molecule has 0 bridgehead atoms. The zero-order valence-corrected chi connectivity index (χ0v) is 20.1. The first kappa shape index (κ1) is 23.2. The van der Waals surface area contributed by atoms with Crippen molar-refractivity contribution in [2.75, 3.05) is 0 Å². The molecule has 0 aliphatic carbocycles. The molecule has 0 saturated carbocycles. The number of carbonyl (C=O) groups excluding carboxylic acids is 1. The molecule has 1 amide bonds. The van der Waals surface area contributed by atoms with E-state index in [2.05, 4.69) is 27.5 Å². The van der Waals surface area contributed by atoms with Crippen molar-refractivity contribution >= 4 is 33.6 Å². The Morgan fingerprint density at radius 3 is 2.47 bits per heavy atom. The largest absolute Gasteiger partial charge is 0.478 e. The lowest BCUT2D eigenvalue weighted by Gasteiger charge is -2.14. The number of hydrogen-bond acceptors (Lipinski definition) is 4. The third-order valence-electron chi connectivity index (χ3n) is 6.44. The van der Waals surface area contributed by atoms with Gasteiger partial charge in [0, 0.05) is 35.6 Å². The van der Waals surface area contributed by atoms with Crippen molar-refractivity contribution in [1.82, 2.24) is 20.1 Å². The molecule has 0 aliphatic rings. The number of rotatable bonds is 7. The first-order chi connectivity index (χ1) is 17.4. The van der Waals surface area contributed by atoms with Gasteiger partial charge in [0.15, 0.2) is 5.69 Å². The maximum atomic E-state index is 13.4. The van der Waals surface area contributed by atoms with E-state index >= 15 is 0 Å². The molecule has 3 aromatic carbocycles. The van der Waals surface area contributed by atoms with E-state index in [1.54, 1.807) is 12.1 Å². The summed E-state index contributed by atoms with van der Waals surface area (Å²) in [5, 5.41) is 19.8. The normalized spacial score (nSPS) is 12.1. The van der Waals surface area contributed by atoms with Crippen LogP contribution < -0.4 is 5.32 Å². The average molecular weight is 479 g/mol. The predicted octanol–water partition coefficient (Wildman–Crippen LogP) is 5.38. The van der Waals surface area contributed by atoms with Crippen LogP contribution in [0.1, 0.15) is 57.6 Å². The number of nitrogens with zero attached hydrogens (tertiary/aromatic N) is 3. The monoisotopic (exact) mass is 478 g/mol. The Kier molecular flexibility index (Phi) is 6.21. The molecule has 7 nitrogen and oxygen atoms in total. The molecule has 0 unspecified atom stereocenters. The molecule has 180 valence electrons. The van der Waals surface area contributed by atoms with Crippen LogP contribution >= 0.6 is 0 Å². The summed E-state index contributed by atoms with van der Waals surface area (Å²) in [4.78, 5) is 29.2. The smallest absolute Gasteiger partial charge is 0.335 e. The second-order valence-corrected chi connectivity index (χ2v) is 8.80. The van der Waals surface area contributed by atoms with Gasteiger partial charge in [0.05, 0.1) is 17.1 Å². The Labute approximate surface area is 208 Å². The Bertz CT molecular complexity index is 1590. The van der Waals surface area contributed by atoms with Gasteiger partial charge in [-0.05, 0) is 54.6 Å². The third-order valence-corrected chi connectivity index (χ3v) is 6.44. The zero-order valence-electron chi connectivity index (χ0n) is 20.1. The van der Waals surface area contributed by atoms with Crippen molar-refractivity contribution in [3.8, 4) is 0 Å². The highest BCUT2D eigenvalue weighted by atomic mass is 16.4. The number of amides is 1. The van der Waals surface area contributed by atoms with Gasteiger partial charge in [0.2, 0.25) is 0 Å². The summed E-state index contributed by atoms with van der Waals surface area (Å²) in [6, 6.07) is 22.4. The molecular weight excluding hydrogens is 452 g/mol. The quantitative estimate of drug-likeness (QED) is 0.327. The number of pyridine rings is 1. The Balaban J connectivity index is 1.48. The molecule has 0 fully saturated rings. The van der Waals surface area contributed by atoms with Gasteiger partial charge in [-0.1, -0.05) is 48.5 Å². The van der Waals surface area contributed by atoms with Crippen molar-refractivity contribution in [3.63, 3.8) is 0 Å². The number of aromatic nitrogens is 3.